The van der Waals surface area contributed by atoms with Crippen molar-refractivity contribution in [2.75, 3.05) is 0 Å². The highest BCUT2D eigenvalue weighted by Gasteiger charge is 2.35. The lowest BCUT2D eigenvalue weighted by atomic mass is 9.69. The highest BCUT2D eigenvalue weighted by atomic mass is 16.4. The summed E-state index contributed by atoms with van der Waals surface area (Å²) in [5, 5.41) is 9.34. The average Bonchev–Trinajstić information content (AvgIpc) is 2.26. The fraction of sp³-hybridized carbons (Fsp3) is 0.824. The fourth-order valence-corrected chi connectivity index (χ4v) is 2.90. The molecule has 1 rings (SSSR count). The molecule has 0 saturated heterocycles. The molecule has 108 valence electrons. The molecule has 0 aliphatic heterocycles. The number of carboxylic acid groups (broad SMARTS) is 1. The Morgan fingerprint density at radius 3 is 2.42 bits per heavy atom. The highest BCUT2D eigenvalue weighted by molar-refractivity contribution is 5.70. The molecule has 0 aromatic carbocycles. The van der Waals surface area contributed by atoms with Gasteiger partial charge in [-0.25, -0.2) is 0 Å². The molecule has 2 heteroatoms. The van der Waals surface area contributed by atoms with Crippen LogP contribution in [0.5, 0.6) is 0 Å². The van der Waals surface area contributed by atoms with E-state index in [0.717, 1.165) is 25.7 Å². The van der Waals surface area contributed by atoms with Gasteiger partial charge in [-0.3, -0.25) is 4.79 Å². The Balaban J connectivity index is 2.71. The van der Waals surface area contributed by atoms with Crippen LogP contribution in [-0.4, -0.2) is 11.1 Å². The van der Waals surface area contributed by atoms with Gasteiger partial charge in [0.1, 0.15) is 0 Å². The molecule has 0 aromatic heterocycles. The van der Waals surface area contributed by atoms with Crippen LogP contribution in [0.25, 0.3) is 0 Å². The van der Waals surface area contributed by atoms with Crippen LogP contribution in [0, 0.1) is 40.9 Å². The molecule has 19 heavy (non-hydrogen) atoms. The summed E-state index contributed by atoms with van der Waals surface area (Å²) in [5.41, 5.74) is 0.00480. The Morgan fingerprint density at radius 2 is 1.95 bits per heavy atom. The van der Waals surface area contributed by atoms with Crippen LogP contribution in [0.2, 0.25) is 0 Å². The monoisotopic (exact) mass is 264 g/mol. The highest BCUT2D eigenvalue weighted by Crippen LogP contribution is 2.39. The summed E-state index contributed by atoms with van der Waals surface area (Å²) >= 11 is 0. The predicted octanol–water partition coefficient (Wildman–Crippen LogP) is 4.20. The zero-order chi connectivity index (χ0) is 14.6. The topological polar surface area (TPSA) is 37.3 Å². The second-order valence-electron chi connectivity index (χ2n) is 7.28. The van der Waals surface area contributed by atoms with E-state index in [4.69, 9.17) is 0 Å². The first kappa shape index (κ1) is 16.1. The summed E-state index contributed by atoms with van der Waals surface area (Å²) in [7, 11) is 0. The maximum Gasteiger partial charge on any atom is 0.306 e. The second-order valence-corrected chi connectivity index (χ2v) is 7.28. The molecule has 3 unspecified atom stereocenters. The number of carbonyl (C=O) groups is 1. The van der Waals surface area contributed by atoms with Gasteiger partial charge in [0.15, 0.2) is 0 Å². The molecule has 0 heterocycles. The summed E-state index contributed by atoms with van der Waals surface area (Å²) in [6, 6.07) is 0. The van der Waals surface area contributed by atoms with Gasteiger partial charge in [0, 0.05) is 11.8 Å². The first-order valence-corrected chi connectivity index (χ1v) is 7.43. The van der Waals surface area contributed by atoms with E-state index < -0.39 is 5.97 Å². The van der Waals surface area contributed by atoms with Gasteiger partial charge in [0.25, 0.3) is 0 Å². The summed E-state index contributed by atoms with van der Waals surface area (Å²) in [6.45, 7) is 10.7. The summed E-state index contributed by atoms with van der Waals surface area (Å²) in [5.74, 6) is 7.17. The zero-order valence-electron chi connectivity index (χ0n) is 13.0. The third-order valence-corrected chi connectivity index (χ3v) is 4.11. The minimum absolute atomic E-state index is 0.00480. The van der Waals surface area contributed by atoms with Crippen molar-refractivity contribution in [1.29, 1.82) is 0 Å². The molecule has 0 amide bonds. The third-order valence-electron chi connectivity index (χ3n) is 4.11. The number of hydrogen-bond acceptors (Lipinski definition) is 1. The number of rotatable bonds is 3. The van der Waals surface area contributed by atoms with Crippen LogP contribution in [-0.2, 0) is 4.79 Å². The van der Waals surface area contributed by atoms with Gasteiger partial charge in [-0.1, -0.05) is 19.8 Å². The van der Waals surface area contributed by atoms with Gasteiger partial charge in [-0.15, -0.1) is 5.92 Å². The fourth-order valence-electron chi connectivity index (χ4n) is 2.90. The van der Waals surface area contributed by atoms with Crippen molar-refractivity contribution in [3.05, 3.63) is 0 Å². The molecular formula is C17H28O2. The number of carboxylic acids is 1. The number of hydrogen-bond donors (Lipinski definition) is 1. The van der Waals surface area contributed by atoms with Crippen molar-refractivity contribution in [1.82, 2.24) is 0 Å². The maximum absolute atomic E-state index is 11.4. The number of aliphatic carboxylic acids is 1. The molecule has 0 aromatic rings. The van der Waals surface area contributed by atoms with E-state index in [-0.39, 0.29) is 17.3 Å². The molecule has 1 N–H and O–H groups in total. The molecule has 0 radical (unpaired) electrons. The molecule has 1 aliphatic rings. The van der Waals surface area contributed by atoms with E-state index in [0.29, 0.717) is 11.8 Å². The smallest absolute Gasteiger partial charge is 0.306 e. The Morgan fingerprint density at radius 1 is 1.32 bits per heavy atom. The molecule has 1 aliphatic carbocycles. The predicted molar refractivity (Wildman–Crippen MR) is 78.6 cm³/mol. The minimum atomic E-state index is -0.634. The first-order chi connectivity index (χ1) is 8.70. The van der Waals surface area contributed by atoms with Gasteiger partial charge in [-0.2, -0.15) is 0 Å². The molecule has 3 atom stereocenters. The van der Waals surface area contributed by atoms with Crippen molar-refractivity contribution in [3.8, 4) is 11.8 Å². The quantitative estimate of drug-likeness (QED) is 0.776. The largest absolute Gasteiger partial charge is 0.481 e. The molecule has 0 bridgehead atoms. The Labute approximate surface area is 118 Å². The van der Waals surface area contributed by atoms with Gasteiger partial charge < -0.3 is 5.11 Å². The molecular weight excluding hydrogens is 236 g/mol. The van der Waals surface area contributed by atoms with E-state index >= 15 is 0 Å². The lowest BCUT2D eigenvalue weighted by Crippen LogP contribution is -2.32. The molecule has 0 spiro atoms. The summed E-state index contributed by atoms with van der Waals surface area (Å²) < 4.78 is 0. The van der Waals surface area contributed by atoms with Crippen LogP contribution in [0.3, 0.4) is 0 Å². The Hall–Kier alpha value is -0.970. The van der Waals surface area contributed by atoms with Crippen molar-refractivity contribution in [2.45, 2.75) is 60.3 Å². The molecule has 2 nitrogen and oxygen atoms in total. The first-order valence-electron chi connectivity index (χ1n) is 7.43. The van der Waals surface area contributed by atoms with E-state index in [2.05, 4.69) is 46.5 Å². The van der Waals surface area contributed by atoms with E-state index in [1.165, 1.54) is 0 Å². The summed E-state index contributed by atoms with van der Waals surface area (Å²) in [4.78, 5) is 11.4. The lowest BCUT2D eigenvalue weighted by Gasteiger charge is -2.35. The van der Waals surface area contributed by atoms with Gasteiger partial charge in [0.05, 0.1) is 5.92 Å². The van der Waals surface area contributed by atoms with Gasteiger partial charge in [0.2, 0.25) is 0 Å². The van der Waals surface area contributed by atoms with Gasteiger partial charge in [-0.05, 0) is 57.8 Å². The Kier molecular flexibility index (Phi) is 5.47. The Bertz CT molecular complexity index is 365. The van der Waals surface area contributed by atoms with E-state index in [1.807, 2.05) is 0 Å². The second kappa shape index (κ2) is 6.46. The van der Waals surface area contributed by atoms with E-state index in [9.17, 15) is 9.90 Å². The third kappa shape index (κ3) is 5.27. The molecule has 1 fully saturated rings. The molecule has 1 saturated carbocycles. The van der Waals surface area contributed by atoms with Crippen LogP contribution in [0.15, 0.2) is 0 Å². The van der Waals surface area contributed by atoms with Crippen molar-refractivity contribution >= 4 is 5.97 Å². The lowest BCUT2D eigenvalue weighted by molar-refractivity contribution is -0.145. The van der Waals surface area contributed by atoms with Crippen LogP contribution >= 0.6 is 0 Å². The standard InChI is InChI=1S/C17H28O2/c1-12(2)13-8-9-15(16(18)19)14(11-13)7-6-10-17(3,4)5/h12-15H,7-9,11H2,1-5H3,(H,18,19). The zero-order valence-corrected chi connectivity index (χ0v) is 13.0. The van der Waals surface area contributed by atoms with Crippen LogP contribution in [0.1, 0.15) is 60.3 Å². The van der Waals surface area contributed by atoms with Crippen LogP contribution in [0.4, 0.5) is 0 Å². The van der Waals surface area contributed by atoms with E-state index in [1.54, 1.807) is 0 Å². The SMILES string of the molecule is CC(C)C1CCC(C(=O)O)C(CC#CC(C)(C)C)C1. The summed E-state index contributed by atoms with van der Waals surface area (Å²) in [6.07, 6.45) is 3.63. The van der Waals surface area contributed by atoms with Crippen molar-refractivity contribution < 1.29 is 9.90 Å². The van der Waals surface area contributed by atoms with Crippen molar-refractivity contribution in [2.24, 2.45) is 29.1 Å². The maximum atomic E-state index is 11.4. The normalized spacial score (nSPS) is 27.8. The van der Waals surface area contributed by atoms with Crippen LogP contribution < -0.4 is 0 Å². The van der Waals surface area contributed by atoms with Crippen molar-refractivity contribution in [3.63, 3.8) is 0 Å². The van der Waals surface area contributed by atoms with Gasteiger partial charge >= 0.3 is 5.97 Å². The average molecular weight is 264 g/mol. The minimum Gasteiger partial charge on any atom is -0.481 e.